The predicted octanol–water partition coefficient (Wildman–Crippen LogP) is 3.66. The number of methoxy groups -OCH3 is 2. The number of carbonyl (C=O) groups is 1. The SMILES string of the molecule is COc1ccc(C(=O)Nc2ncc(Cl)cc2Cl)cc1OC. The molecule has 0 unspecified atom stereocenters. The van der Waals surface area contributed by atoms with Gasteiger partial charge in [-0.25, -0.2) is 4.98 Å². The van der Waals surface area contributed by atoms with Crippen molar-refractivity contribution in [2.24, 2.45) is 0 Å². The summed E-state index contributed by atoms with van der Waals surface area (Å²) in [5.41, 5.74) is 0.389. The number of benzene rings is 1. The highest BCUT2D eigenvalue weighted by Gasteiger charge is 2.13. The number of hydrogen-bond donors (Lipinski definition) is 1. The summed E-state index contributed by atoms with van der Waals surface area (Å²) in [7, 11) is 3.02. The molecular weight excluding hydrogens is 315 g/mol. The molecule has 0 fully saturated rings. The van der Waals surface area contributed by atoms with Crippen LogP contribution >= 0.6 is 23.2 Å². The van der Waals surface area contributed by atoms with Gasteiger partial charge in [0, 0.05) is 11.8 Å². The first-order chi connectivity index (χ1) is 10.0. The highest BCUT2D eigenvalue weighted by Crippen LogP contribution is 2.28. The molecule has 1 heterocycles. The first kappa shape index (κ1) is 15.4. The second kappa shape index (κ2) is 6.65. The summed E-state index contributed by atoms with van der Waals surface area (Å²) < 4.78 is 10.3. The molecule has 0 atom stereocenters. The number of pyridine rings is 1. The zero-order valence-corrected chi connectivity index (χ0v) is 12.8. The van der Waals surface area contributed by atoms with E-state index in [2.05, 4.69) is 10.3 Å². The third-order valence-corrected chi connectivity index (χ3v) is 3.18. The lowest BCUT2D eigenvalue weighted by Crippen LogP contribution is -2.13. The molecule has 0 bridgehead atoms. The van der Waals surface area contributed by atoms with Crippen LogP contribution in [0.25, 0.3) is 0 Å². The van der Waals surface area contributed by atoms with Gasteiger partial charge in [-0.15, -0.1) is 0 Å². The Hall–Kier alpha value is -1.98. The molecule has 0 aliphatic carbocycles. The van der Waals surface area contributed by atoms with E-state index in [0.717, 1.165) is 0 Å². The van der Waals surface area contributed by atoms with Crippen molar-refractivity contribution < 1.29 is 14.3 Å². The first-order valence-corrected chi connectivity index (χ1v) is 6.65. The number of nitrogens with one attached hydrogen (secondary N) is 1. The van der Waals surface area contributed by atoms with Crippen LogP contribution in [0, 0.1) is 0 Å². The summed E-state index contributed by atoms with van der Waals surface area (Å²) in [6, 6.07) is 6.32. The second-order valence-corrected chi connectivity index (χ2v) is 4.85. The molecule has 1 amide bonds. The van der Waals surface area contributed by atoms with Crippen molar-refractivity contribution in [2.75, 3.05) is 19.5 Å². The van der Waals surface area contributed by atoms with Crippen molar-refractivity contribution in [3.05, 3.63) is 46.1 Å². The standard InChI is InChI=1S/C14H12Cl2N2O3/c1-20-11-4-3-8(5-12(11)21-2)14(19)18-13-10(16)6-9(15)7-17-13/h3-7H,1-2H3,(H,17,18,19). The van der Waals surface area contributed by atoms with Crippen LogP contribution in [0.3, 0.4) is 0 Å². The summed E-state index contributed by atoms with van der Waals surface area (Å²) in [5, 5.41) is 3.26. The van der Waals surface area contributed by atoms with Crippen molar-refractivity contribution in [1.82, 2.24) is 4.98 Å². The highest BCUT2D eigenvalue weighted by atomic mass is 35.5. The quantitative estimate of drug-likeness (QED) is 0.931. The number of rotatable bonds is 4. The molecule has 2 rings (SSSR count). The third-order valence-electron chi connectivity index (χ3n) is 2.69. The molecule has 0 saturated carbocycles. The maximum absolute atomic E-state index is 12.2. The lowest BCUT2D eigenvalue weighted by Gasteiger charge is -2.10. The van der Waals surface area contributed by atoms with Gasteiger partial charge in [0.2, 0.25) is 0 Å². The maximum atomic E-state index is 12.2. The van der Waals surface area contributed by atoms with Crippen LogP contribution in [0.5, 0.6) is 11.5 Å². The number of hydrogen-bond acceptors (Lipinski definition) is 4. The van der Waals surface area contributed by atoms with Crippen LogP contribution < -0.4 is 14.8 Å². The van der Waals surface area contributed by atoms with E-state index in [9.17, 15) is 4.79 Å². The summed E-state index contributed by atoms with van der Waals surface area (Å²) >= 11 is 11.7. The van der Waals surface area contributed by atoms with Crippen molar-refractivity contribution in [3.63, 3.8) is 0 Å². The largest absolute Gasteiger partial charge is 0.493 e. The average molecular weight is 327 g/mol. The van der Waals surface area contributed by atoms with Gasteiger partial charge in [-0.2, -0.15) is 0 Å². The van der Waals surface area contributed by atoms with Crippen LogP contribution in [-0.4, -0.2) is 25.1 Å². The van der Waals surface area contributed by atoms with E-state index < -0.39 is 0 Å². The summed E-state index contributed by atoms with van der Waals surface area (Å²) in [6.45, 7) is 0. The van der Waals surface area contributed by atoms with E-state index in [1.165, 1.54) is 26.5 Å². The van der Waals surface area contributed by atoms with Crippen LogP contribution in [0.4, 0.5) is 5.82 Å². The van der Waals surface area contributed by atoms with Crippen LogP contribution in [0.1, 0.15) is 10.4 Å². The van der Waals surface area contributed by atoms with Gasteiger partial charge in [0.1, 0.15) is 0 Å². The van der Waals surface area contributed by atoms with Gasteiger partial charge in [-0.3, -0.25) is 4.79 Å². The van der Waals surface area contributed by atoms with Crippen LogP contribution in [0.15, 0.2) is 30.5 Å². The average Bonchev–Trinajstić information content (AvgIpc) is 2.49. The van der Waals surface area contributed by atoms with Crippen molar-refractivity contribution in [3.8, 4) is 11.5 Å². The normalized spacial score (nSPS) is 10.1. The van der Waals surface area contributed by atoms with Gasteiger partial charge in [-0.05, 0) is 24.3 Å². The van der Waals surface area contributed by atoms with E-state index in [1.807, 2.05) is 0 Å². The molecule has 110 valence electrons. The Morgan fingerprint density at radius 2 is 1.86 bits per heavy atom. The van der Waals surface area contributed by atoms with E-state index >= 15 is 0 Å². The lowest BCUT2D eigenvalue weighted by molar-refractivity contribution is 0.102. The molecule has 5 nitrogen and oxygen atoms in total. The van der Waals surface area contributed by atoms with Crippen molar-refractivity contribution >= 4 is 34.9 Å². The monoisotopic (exact) mass is 326 g/mol. The zero-order valence-electron chi connectivity index (χ0n) is 11.3. The molecule has 21 heavy (non-hydrogen) atoms. The third kappa shape index (κ3) is 3.56. The minimum Gasteiger partial charge on any atom is -0.493 e. The molecule has 0 aliphatic heterocycles. The highest BCUT2D eigenvalue weighted by molar-refractivity contribution is 6.36. The molecule has 0 spiro atoms. The van der Waals surface area contributed by atoms with E-state index in [0.29, 0.717) is 22.1 Å². The molecule has 0 aliphatic rings. The van der Waals surface area contributed by atoms with Crippen molar-refractivity contribution in [1.29, 1.82) is 0 Å². The van der Waals surface area contributed by atoms with Gasteiger partial charge >= 0.3 is 0 Å². The van der Waals surface area contributed by atoms with Gasteiger partial charge in [0.25, 0.3) is 5.91 Å². The number of anilines is 1. The number of amides is 1. The molecule has 1 N–H and O–H groups in total. The maximum Gasteiger partial charge on any atom is 0.256 e. The minimum absolute atomic E-state index is 0.237. The van der Waals surface area contributed by atoms with Crippen LogP contribution in [-0.2, 0) is 0 Å². The summed E-state index contributed by atoms with van der Waals surface area (Å²) in [4.78, 5) is 16.1. The topological polar surface area (TPSA) is 60.5 Å². The van der Waals surface area contributed by atoms with Gasteiger partial charge in [0.15, 0.2) is 17.3 Å². The number of halogens is 2. The van der Waals surface area contributed by atoms with E-state index in [4.69, 9.17) is 32.7 Å². The fourth-order valence-electron chi connectivity index (χ4n) is 1.66. The molecule has 1 aromatic heterocycles. The molecule has 7 heteroatoms. The summed E-state index contributed by atoms with van der Waals surface area (Å²) in [6.07, 6.45) is 1.40. The van der Waals surface area contributed by atoms with Crippen molar-refractivity contribution in [2.45, 2.75) is 0 Å². The predicted molar refractivity (Wildman–Crippen MR) is 81.8 cm³/mol. The number of carbonyl (C=O) groups excluding carboxylic acids is 1. The number of ether oxygens (including phenoxy) is 2. The fraction of sp³-hybridized carbons (Fsp3) is 0.143. The molecular formula is C14H12Cl2N2O3. The molecule has 1 aromatic carbocycles. The fourth-order valence-corrected chi connectivity index (χ4v) is 2.09. The van der Waals surface area contributed by atoms with E-state index in [-0.39, 0.29) is 16.7 Å². The Morgan fingerprint density at radius 3 is 2.48 bits per heavy atom. The Labute approximate surface area is 131 Å². The Kier molecular flexibility index (Phi) is 4.88. The number of aromatic nitrogens is 1. The molecule has 2 aromatic rings. The minimum atomic E-state index is -0.368. The van der Waals surface area contributed by atoms with Gasteiger partial charge < -0.3 is 14.8 Å². The zero-order chi connectivity index (χ0) is 15.4. The molecule has 0 radical (unpaired) electrons. The Bertz CT molecular complexity index is 677. The van der Waals surface area contributed by atoms with Gasteiger partial charge in [0.05, 0.1) is 24.3 Å². The Balaban J connectivity index is 2.24. The first-order valence-electron chi connectivity index (χ1n) is 5.89. The smallest absolute Gasteiger partial charge is 0.256 e. The summed E-state index contributed by atoms with van der Waals surface area (Å²) in [5.74, 6) is 0.866. The van der Waals surface area contributed by atoms with Gasteiger partial charge in [-0.1, -0.05) is 23.2 Å². The Morgan fingerprint density at radius 1 is 1.14 bits per heavy atom. The second-order valence-electron chi connectivity index (χ2n) is 4.01. The molecule has 0 saturated heterocycles. The lowest BCUT2D eigenvalue weighted by atomic mass is 10.2. The van der Waals surface area contributed by atoms with E-state index in [1.54, 1.807) is 18.2 Å². The van der Waals surface area contributed by atoms with Crippen LogP contribution in [0.2, 0.25) is 10.0 Å². The number of nitrogens with zero attached hydrogens (tertiary/aromatic N) is 1.